The minimum Gasteiger partial charge on any atom is -0.258 e. The number of hydrogen-bond donors (Lipinski definition) is 1. The molecule has 7 nitrogen and oxygen atoms in total. The van der Waals surface area contributed by atoms with E-state index in [1.807, 2.05) is 6.07 Å². The minimum atomic E-state index is -3.94. The summed E-state index contributed by atoms with van der Waals surface area (Å²) in [6.45, 7) is 3.53. The first-order valence-electron chi connectivity index (χ1n) is 6.42. The zero-order valence-electron chi connectivity index (χ0n) is 11.9. The number of nitrogens with zero attached hydrogens (tertiary/aromatic N) is 2. The van der Waals surface area contributed by atoms with Crippen LogP contribution in [0.1, 0.15) is 30.4 Å². The second-order valence-electron chi connectivity index (χ2n) is 4.67. The second kappa shape index (κ2) is 7.15. The molecule has 0 spiro atoms. The molecule has 21 heavy (non-hydrogen) atoms. The van der Waals surface area contributed by atoms with Crippen molar-refractivity contribution in [2.45, 2.75) is 38.0 Å². The summed E-state index contributed by atoms with van der Waals surface area (Å²) in [6.07, 6.45) is 1.44. The van der Waals surface area contributed by atoms with E-state index in [1.165, 1.54) is 12.1 Å². The van der Waals surface area contributed by atoms with Gasteiger partial charge in [0.2, 0.25) is 10.0 Å². The first-order chi connectivity index (χ1) is 9.79. The average molecular weight is 311 g/mol. The van der Waals surface area contributed by atoms with Crippen molar-refractivity contribution in [1.82, 2.24) is 4.72 Å². The molecule has 0 unspecified atom stereocenters. The molecule has 0 aromatic heterocycles. The molecule has 0 aliphatic rings. The molecule has 0 saturated heterocycles. The number of unbranched alkanes of at least 4 members (excludes halogenated alkanes) is 2. The van der Waals surface area contributed by atoms with E-state index in [9.17, 15) is 18.5 Å². The van der Waals surface area contributed by atoms with Crippen LogP contribution in [0.2, 0.25) is 0 Å². The van der Waals surface area contributed by atoms with Crippen LogP contribution in [0.4, 0.5) is 5.69 Å². The van der Waals surface area contributed by atoms with Gasteiger partial charge in [0, 0.05) is 19.0 Å². The quantitative estimate of drug-likeness (QED) is 0.471. The average Bonchev–Trinajstić information content (AvgIpc) is 2.40. The maximum Gasteiger partial charge on any atom is 0.289 e. The molecule has 0 aliphatic carbocycles. The van der Waals surface area contributed by atoms with Gasteiger partial charge in [-0.2, -0.15) is 5.26 Å². The molecule has 114 valence electrons. The third kappa shape index (κ3) is 4.51. The Bertz CT molecular complexity index is 677. The van der Waals surface area contributed by atoms with Gasteiger partial charge in [0.25, 0.3) is 5.69 Å². The smallest absolute Gasteiger partial charge is 0.258 e. The van der Waals surface area contributed by atoms with Crippen LogP contribution in [0.5, 0.6) is 0 Å². The molecule has 0 radical (unpaired) electrons. The lowest BCUT2D eigenvalue weighted by atomic mass is 10.1. The highest BCUT2D eigenvalue weighted by molar-refractivity contribution is 7.89. The number of nitriles is 1. The predicted molar refractivity (Wildman–Crippen MR) is 77.2 cm³/mol. The van der Waals surface area contributed by atoms with Crippen molar-refractivity contribution in [3.8, 4) is 6.07 Å². The summed E-state index contributed by atoms with van der Waals surface area (Å²) in [5.74, 6) is 0. The van der Waals surface area contributed by atoms with E-state index in [2.05, 4.69) is 4.72 Å². The summed E-state index contributed by atoms with van der Waals surface area (Å²) in [4.78, 5) is 10.0. The van der Waals surface area contributed by atoms with E-state index >= 15 is 0 Å². The Morgan fingerprint density at radius 3 is 2.48 bits per heavy atom. The van der Waals surface area contributed by atoms with Crippen molar-refractivity contribution >= 4 is 15.7 Å². The van der Waals surface area contributed by atoms with Crippen LogP contribution >= 0.6 is 0 Å². The molecular formula is C13H17N3O4S. The summed E-state index contributed by atoms with van der Waals surface area (Å²) in [7, 11) is -3.94. The molecule has 1 N–H and O–H groups in total. The Hall–Kier alpha value is -1.98. The van der Waals surface area contributed by atoms with Gasteiger partial charge in [-0.05, 0) is 43.9 Å². The predicted octanol–water partition coefficient (Wildman–Crippen LogP) is 2.18. The molecule has 1 aromatic rings. The van der Waals surface area contributed by atoms with E-state index in [4.69, 9.17) is 5.26 Å². The summed E-state index contributed by atoms with van der Waals surface area (Å²) in [6, 6.07) is 4.54. The van der Waals surface area contributed by atoms with Gasteiger partial charge in [0.05, 0.1) is 11.0 Å². The maximum atomic E-state index is 12.2. The van der Waals surface area contributed by atoms with Crippen LogP contribution in [0.25, 0.3) is 0 Å². The molecule has 0 atom stereocenters. The number of aryl methyl sites for hydroxylation is 2. The van der Waals surface area contributed by atoms with E-state index in [0.717, 1.165) is 0 Å². The Labute approximate surface area is 123 Å². The van der Waals surface area contributed by atoms with Crippen molar-refractivity contribution in [2.75, 3.05) is 6.54 Å². The maximum absolute atomic E-state index is 12.2. The highest BCUT2D eigenvalue weighted by Crippen LogP contribution is 2.27. The Kier molecular flexibility index (Phi) is 5.81. The fourth-order valence-electron chi connectivity index (χ4n) is 1.75. The molecular weight excluding hydrogens is 294 g/mol. The van der Waals surface area contributed by atoms with Crippen molar-refractivity contribution < 1.29 is 13.3 Å². The van der Waals surface area contributed by atoms with Crippen LogP contribution in [-0.4, -0.2) is 19.9 Å². The summed E-state index contributed by atoms with van der Waals surface area (Å²) in [5.41, 5.74) is 0.905. The number of rotatable bonds is 7. The number of nitro benzene ring substituents is 1. The van der Waals surface area contributed by atoms with E-state index < -0.39 is 20.6 Å². The van der Waals surface area contributed by atoms with Crippen molar-refractivity contribution in [3.63, 3.8) is 0 Å². The van der Waals surface area contributed by atoms with Crippen LogP contribution < -0.4 is 4.72 Å². The van der Waals surface area contributed by atoms with Gasteiger partial charge in [-0.1, -0.05) is 0 Å². The van der Waals surface area contributed by atoms with Crippen LogP contribution in [0, 0.1) is 35.3 Å². The molecule has 1 rings (SSSR count). The lowest BCUT2D eigenvalue weighted by Gasteiger charge is -2.09. The van der Waals surface area contributed by atoms with Crippen LogP contribution in [-0.2, 0) is 10.0 Å². The Morgan fingerprint density at radius 1 is 1.29 bits per heavy atom. The largest absolute Gasteiger partial charge is 0.289 e. The summed E-state index contributed by atoms with van der Waals surface area (Å²) < 4.78 is 26.7. The van der Waals surface area contributed by atoms with Gasteiger partial charge < -0.3 is 0 Å². The van der Waals surface area contributed by atoms with Crippen molar-refractivity contribution in [1.29, 1.82) is 5.26 Å². The zero-order valence-corrected chi connectivity index (χ0v) is 12.7. The number of nitrogens with one attached hydrogen (secondary N) is 1. The topological polar surface area (TPSA) is 113 Å². The summed E-state index contributed by atoms with van der Waals surface area (Å²) in [5, 5.41) is 19.4. The molecule has 0 fully saturated rings. The molecule has 0 bridgehead atoms. The second-order valence-corrected chi connectivity index (χ2v) is 6.41. The highest BCUT2D eigenvalue weighted by atomic mass is 32.2. The fourth-order valence-corrected chi connectivity index (χ4v) is 3.06. The highest BCUT2D eigenvalue weighted by Gasteiger charge is 2.26. The monoisotopic (exact) mass is 311 g/mol. The SMILES string of the molecule is Cc1cc([N+](=O)[O-])c(S(=O)(=O)NCCCCC#N)cc1C. The van der Waals surface area contributed by atoms with Gasteiger partial charge in [0.15, 0.2) is 4.90 Å². The zero-order chi connectivity index (χ0) is 16.0. The Morgan fingerprint density at radius 2 is 1.90 bits per heavy atom. The van der Waals surface area contributed by atoms with Crippen LogP contribution in [0.15, 0.2) is 17.0 Å². The number of hydrogen-bond acceptors (Lipinski definition) is 5. The van der Waals surface area contributed by atoms with Crippen LogP contribution in [0.3, 0.4) is 0 Å². The molecule has 0 heterocycles. The van der Waals surface area contributed by atoms with E-state index in [-0.39, 0.29) is 11.4 Å². The fraction of sp³-hybridized carbons (Fsp3) is 0.462. The van der Waals surface area contributed by atoms with Gasteiger partial charge >= 0.3 is 0 Å². The van der Waals surface area contributed by atoms with E-state index in [0.29, 0.717) is 30.4 Å². The van der Waals surface area contributed by atoms with Gasteiger partial charge in [-0.3, -0.25) is 10.1 Å². The third-order valence-electron chi connectivity index (χ3n) is 3.07. The molecule has 0 aliphatic heterocycles. The third-order valence-corrected chi connectivity index (χ3v) is 4.56. The van der Waals surface area contributed by atoms with Crippen molar-refractivity contribution in [3.05, 3.63) is 33.4 Å². The van der Waals surface area contributed by atoms with Gasteiger partial charge in [-0.25, -0.2) is 13.1 Å². The molecule has 8 heteroatoms. The molecule has 1 aromatic carbocycles. The normalized spacial score (nSPS) is 11.1. The standard InChI is InChI=1S/C13H17N3O4S/c1-10-8-12(16(17)18)13(9-11(10)2)21(19,20)15-7-5-3-4-6-14/h8-9,15H,3-5,7H2,1-2H3. The Balaban J connectivity index is 3.00. The first-order valence-corrected chi connectivity index (χ1v) is 7.90. The van der Waals surface area contributed by atoms with Crippen molar-refractivity contribution in [2.24, 2.45) is 0 Å². The number of nitro groups is 1. The van der Waals surface area contributed by atoms with E-state index in [1.54, 1.807) is 13.8 Å². The van der Waals surface area contributed by atoms with Gasteiger partial charge in [-0.15, -0.1) is 0 Å². The van der Waals surface area contributed by atoms with Gasteiger partial charge in [0.1, 0.15) is 0 Å². The number of sulfonamides is 1. The summed E-state index contributed by atoms with van der Waals surface area (Å²) >= 11 is 0. The number of benzene rings is 1. The lowest BCUT2D eigenvalue weighted by Crippen LogP contribution is -2.25. The molecule has 0 saturated carbocycles. The minimum absolute atomic E-state index is 0.147. The molecule has 0 amide bonds. The first kappa shape index (κ1) is 17.1. The lowest BCUT2D eigenvalue weighted by molar-refractivity contribution is -0.387.